The summed E-state index contributed by atoms with van der Waals surface area (Å²) in [6, 6.07) is 10.9. The van der Waals surface area contributed by atoms with Gasteiger partial charge in [0, 0.05) is 40.4 Å². The minimum absolute atomic E-state index is 0.00841. The highest BCUT2D eigenvalue weighted by molar-refractivity contribution is 9.10. The van der Waals surface area contributed by atoms with Gasteiger partial charge in [-0.1, -0.05) is 22.0 Å². The molecule has 0 aromatic heterocycles. The van der Waals surface area contributed by atoms with E-state index in [9.17, 15) is 9.59 Å². The topological polar surface area (TPSA) is 49.4 Å². The van der Waals surface area contributed by atoms with Crippen LogP contribution in [0.3, 0.4) is 0 Å². The van der Waals surface area contributed by atoms with Gasteiger partial charge in [-0.3, -0.25) is 9.59 Å². The van der Waals surface area contributed by atoms with Crippen LogP contribution in [0.15, 0.2) is 40.9 Å². The molecule has 0 aliphatic carbocycles. The van der Waals surface area contributed by atoms with Gasteiger partial charge in [0.25, 0.3) is 11.8 Å². The van der Waals surface area contributed by atoms with Crippen molar-refractivity contribution in [2.24, 2.45) is 0 Å². The van der Waals surface area contributed by atoms with E-state index < -0.39 is 0 Å². The molecule has 22 heavy (non-hydrogen) atoms. The van der Waals surface area contributed by atoms with E-state index in [1.165, 1.54) is 0 Å². The van der Waals surface area contributed by atoms with Crippen LogP contribution in [0.1, 0.15) is 31.8 Å². The third-order valence-electron chi connectivity index (χ3n) is 3.83. The van der Waals surface area contributed by atoms with E-state index in [0.29, 0.717) is 23.4 Å². The monoisotopic (exact) mass is 358 g/mol. The number of benzene rings is 2. The van der Waals surface area contributed by atoms with Gasteiger partial charge in [-0.15, -0.1) is 0 Å². The number of carbonyl (C=O) groups is 2. The zero-order valence-electron chi connectivity index (χ0n) is 12.3. The summed E-state index contributed by atoms with van der Waals surface area (Å²) < 4.78 is 0.939. The van der Waals surface area contributed by atoms with Gasteiger partial charge in [-0.25, -0.2) is 0 Å². The number of carbonyl (C=O) groups excluding carboxylic acids is 2. The smallest absolute Gasteiger partial charge is 0.255 e. The fourth-order valence-corrected chi connectivity index (χ4v) is 3.14. The summed E-state index contributed by atoms with van der Waals surface area (Å²) in [4.78, 5) is 26.1. The molecule has 1 N–H and O–H groups in total. The predicted octanol–water partition coefficient (Wildman–Crippen LogP) is 3.60. The van der Waals surface area contributed by atoms with Gasteiger partial charge in [0.15, 0.2) is 0 Å². The van der Waals surface area contributed by atoms with Crippen LogP contribution in [0.4, 0.5) is 5.69 Å². The zero-order chi connectivity index (χ0) is 15.9. The third-order valence-corrected chi connectivity index (χ3v) is 4.32. The zero-order valence-corrected chi connectivity index (χ0v) is 13.9. The van der Waals surface area contributed by atoms with Gasteiger partial charge in [0.2, 0.25) is 0 Å². The molecule has 1 aliphatic rings. The first-order valence-electron chi connectivity index (χ1n) is 6.92. The largest absolute Gasteiger partial charge is 0.337 e. The maximum atomic E-state index is 12.5. The first-order chi connectivity index (χ1) is 10.5. The highest BCUT2D eigenvalue weighted by Crippen LogP contribution is 2.29. The van der Waals surface area contributed by atoms with Crippen molar-refractivity contribution in [1.29, 1.82) is 0 Å². The van der Waals surface area contributed by atoms with Crippen molar-refractivity contribution in [2.45, 2.75) is 13.5 Å². The molecular formula is C17H15BrN2O2. The van der Waals surface area contributed by atoms with Crippen molar-refractivity contribution in [3.05, 3.63) is 63.1 Å². The Balaban J connectivity index is 1.92. The second kappa shape index (κ2) is 5.57. The lowest BCUT2D eigenvalue weighted by molar-refractivity contribution is 0.0816. The minimum Gasteiger partial charge on any atom is -0.337 e. The minimum atomic E-state index is -0.166. The summed E-state index contributed by atoms with van der Waals surface area (Å²) in [6.45, 7) is 2.41. The Morgan fingerprint density at radius 3 is 2.77 bits per heavy atom. The Morgan fingerprint density at radius 1 is 1.27 bits per heavy atom. The van der Waals surface area contributed by atoms with Crippen LogP contribution in [-0.4, -0.2) is 23.8 Å². The molecule has 2 aromatic carbocycles. The van der Waals surface area contributed by atoms with Crippen LogP contribution >= 0.6 is 15.9 Å². The lowest BCUT2D eigenvalue weighted by Crippen LogP contribution is -2.17. The Kier molecular flexibility index (Phi) is 3.74. The molecule has 0 unspecified atom stereocenters. The van der Waals surface area contributed by atoms with Crippen LogP contribution in [0.25, 0.3) is 0 Å². The first kappa shape index (κ1) is 14.8. The van der Waals surface area contributed by atoms with Crippen LogP contribution in [0.2, 0.25) is 0 Å². The summed E-state index contributed by atoms with van der Waals surface area (Å²) in [5.41, 5.74) is 3.75. The number of halogens is 1. The summed E-state index contributed by atoms with van der Waals surface area (Å²) in [5, 5.41) is 2.93. The van der Waals surface area contributed by atoms with E-state index in [1.807, 2.05) is 25.1 Å². The fourth-order valence-electron chi connectivity index (χ4n) is 2.66. The number of hydrogen-bond acceptors (Lipinski definition) is 2. The van der Waals surface area contributed by atoms with Crippen LogP contribution in [0.5, 0.6) is 0 Å². The molecule has 1 aliphatic heterocycles. The standard InChI is InChI=1S/C17H15BrN2O2/c1-10-8-11(18)6-7-12(10)16(21)19-15-5-3-4-13-14(15)9-20(2)17(13)22/h3-8H,9H2,1-2H3,(H,19,21). The highest BCUT2D eigenvalue weighted by atomic mass is 79.9. The summed E-state index contributed by atoms with van der Waals surface area (Å²) in [5.74, 6) is -0.175. The number of amides is 2. The quantitative estimate of drug-likeness (QED) is 0.891. The molecule has 2 aromatic rings. The molecule has 0 atom stereocenters. The molecule has 0 saturated heterocycles. The van der Waals surface area contributed by atoms with Gasteiger partial charge >= 0.3 is 0 Å². The highest BCUT2D eigenvalue weighted by Gasteiger charge is 2.27. The third kappa shape index (κ3) is 2.52. The Bertz CT molecular complexity index is 786. The second-order valence-corrected chi connectivity index (χ2v) is 6.32. The fraction of sp³-hybridized carbons (Fsp3) is 0.176. The number of nitrogens with one attached hydrogen (secondary N) is 1. The van der Waals surface area contributed by atoms with Crippen molar-refractivity contribution in [2.75, 3.05) is 12.4 Å². The molecule has 2 amide bonds. The Morgan fingerprint density at radius 2 is 2.05 bits per heavy atom. The van der Waals surface area contributed by atoms with Gasteiger partial charge in [0.1, 0.15) is 0 Å². The molecule has 5 heteroatoms. The van der Waals surface area contributed by atoms with E-state index in [-0.39, 0.29) is 11.8 Å². The average molecular weight is 359 g/mol. The normalized spacial score (nSPS) is 13.2. The summed E-state index contributed by atoms with van der Waals surface area (Å²) >= 11 is 3.39. The van der Waals surface area contributed by atoms with Crippen molar-refractivity contribution in [3.63, 3.8) is 0 Å². The number of aryl methyl sites for hydroxylation is 1. The lowest BCUT2D eigenvalue weighted by atomic mass is 10.1. The number of hydrogen-bond donors (Lipinski definition) is 1. The molecule has 0 saturated carbocycles. The van der Waals surface area contributed by atoms with Gasteiger partial charge in [-0.05, 0) is 42.8 Å². The average Bonchev–Trinajstić information content (AvgIpc) is 2.76. The maximum Gasteiger partial charge on any atom is 0.255 e. The van der Waals surface area contributed by atoms with E-state index in [2.05, 4.69) is 21.2 Å². The first-order valence-corrected chi connectivity index (χ1v) is 7.71. The van der Waals surface area contributed by atoms with Crippen LogP contribution < -0.4 is 5.32 Å². The van der Waals surface area contributed by atoms with Crippen LogP contribution in [0, 0.1) is 6.92 Å². The lowest BCUT2D eigenvalue weighted by Gasteiger charge is -2.11. The van der Waals surface area contributed by atoms with Crippen molar-refractivity contribution >= 4 is 33.4 Å². The van der Waals surface area contributed by atoms with E-state index >= 15 is 0 Å². The molecular weight excluding hydrogens is 344 g/mol. The molecule has 112 valence electrons. The molecule has 4 nitrogen and oxygen atoms in total. The van der Waals surface area contributed by atoms with Gasteiger partial charge in [-0.2, -0.15) is 0 Å². The molecule has 0 radical (unpaired) electrons. The number of fused-ring (bicyclic) bond motifs is 1. The van der Waals surface area contributed by atoms with Crippen molar-refractivity contribution in [1.82, 2.24) is 4.90 Å². The molecule has 0 fully saturated rings. The summed E-state index contributed by atoms with van der Waals surface area (Å²) in [6.07, 6.45) is 0. The van der Waals surface area contributed by atoms with Crippen LogP contribution in [-0.2, 0) is 6.54 Å². The Labute approximate surface area is 137 Å². The number of anilines is 1. The predicted molar refractivity (Wildman–Crippen MR) is 89.1 cm³/mol. The van der Waals surface area contributed by atoms with Crippen molar-refractivity contribution < 1.29 is 9.59 Å². The number of nitrogens with zero attached hydrogens (tertiary/aromatic N) is 1. The maximum absolute atomic E-state index is 12.5. The summed E-state index contributed by atoms with van der Waals surface area (Å²) in [7, 11) is 1.76. The van der Waals surface area contributed by atoms with Gasteiger partial charge < -0.3 is 10.2 Å². The van der Waals surface area contributed by atoms with Gasteiger partial charge in [0.05, 0.1) is 0 Å². The number of rotatable bonds is 2. The van der Waals surface area contributed by atoms with E-state index in [0.717, 1.165) is 15.6 Å². The molecule has 1 heterocycles. The van der Waals surface area contributed by atoms with E-state index in [4.69, 9.17) is 0 Å². The Hall–Kier alpha value is -2.14. The second-order valence-electron chi connectivity index (χ2n) is 5.41. The van der Waals surface area contributed by atoms with E-state index in [1.54, 1.807) is 30.1 Å². The molecule has 0 bridgehead atoms. The molecule has 0 spiro atoms. The van der Waals surface area contributed by atoms with Crippen molar-refractivity contribution in [3.8, 4) is 0 Å². The SMILES string of the molecule is Cc1cc(Br)ccc1C(=O)Nc1cccc2c1CN(C)C2=O. The molecule has 3 rings (SSSR count).